The maximum absolute atomic E-state index is 13.9. The first kappa shape index (κ1) is 14.8. The van der Waals surface area contributed by atoms with Crippen molar-refractivity contribution in [1.29, 1.82) is 5.26 Å². The van der Waals surface area contributed by atoms with Crippen LogP contribution in [0.3, 0.4) is 0 Å². The van der Waals surface area contributed by atoms with Gasteiger partial charge in [-0.2, -0.15) is 5.26 Å². The van der Waals surface area contributed by atoms with Crippen LogP contribution in [-0.2, 0) is 9.47 Å². The van der Waals surface area contributed by atoms with Crippen molar-refractivity contribution in [2.24, 2.45) is 10.4 Å². The normalized spacial score (nSPS) is 22.2. The van der Waals surface area contributed by atoms with Crippen LogP contribution in [0, 0.1) is 16.7 Å². The van der Waals surface area contributed by atoms with E-state index in [9.17, 15) is 9.65 Å². The Morgan fingerprint density at radius 1 is 1.44 bits per heavy atom. The third-order valence-electron chi connectivity index (χ3n) is 3.39. The predicted octanol–water partition coefficient (Wildman–Crippen LogP) is 2.61. The second-order valence-electron chi connectivity index (χ2n) is 4.40. The highest BCUT2D eigenvalue weighted by atomic mass is 19.1. The minimum atomic E-state index is -0.948. The van der Waals surface area contributed by atoms with E-state index in [0.717, 1.165) is 0 Å². The molecule has 0 radical (unpaired) electrons. The maximum Gasteiger partial charge on any atom is 0.171 e. The molecule has 0 unspecified atom stereocenters. The summed E-state index contributed by atoms with van der Waals surface area (Å²) < 4.78 is 24.4. The molecule has 0 atom stereocenters. The number of methoxy groups -OCH3 is 2. The van der Waals surface area contributed by atoms with E-state index in [1.807, 2.05) is 6.92 Å². The van der Waals surface area contributed by atoms with Gasteiger partial charge in [0, 0.05) is 34.1 Å². The number of rotatable bonds is 5. The molecule has 0 N–H and O–H groups in total. The molecule has 0 bridgehead atoms. The Hall–Kier alpha value is -1.25. The SMILES string of the molecule is CC/C=C(/F)C(=NC)C1(C#N)CC(OC)(OC)C1. The maximum atomic E-state index is 13.9. The smallest absolute Gasteiger partial charge is 0.171 e. The molecule has 1 rings (SSSR count). The second kappa shape index (κ2) is 5.59. The zero-order valence-electron chi connectivity index (χ0n) is 11.3. The predicted molar refractivity (Wildman–Crippen MR) is 66.9 cm³/mol. The van der Waals surface area contributed by atoms with Crippen molar-refractivity contribution in [2.45, 2.75) is 32.0 Å². The lowest BCUT2D eigenvalue weighted by Gasteiger charge is -2.50. The molecule has 4 nitrogen and oxygen atoms in total. The fraction of sp³-hybridized carbons (Fsp3) is 0.692. The van der Waals surface area contributed by atoms with Crippen LogP contribution >= 0.6 is 0 Å². The van der Waals surface area contributed by atoms with Crippen LogP contribution < -0.4 is 0 Å². The lowest BCUT2D eigenvalue weighted by molar-refractivity contribution is -0.272. The first-order chi connectivity index (χ1) is 8.53. The summed E-state index contributed by atoms with van der Waals surface area (Å²) in [7, 11) is 4.54. The van der Waals surface area contributed by atoms with Gasteiger partial charge < -0.3 is 9.47 Å². The van der Waals surface area contributed by atoms with Crippen LogP contribution in [0.4, 0.5) is 4.39 Å². The van der Waals surface area contributed by atoms with Crippen LogP contribution in [0.5, 0.6) is 0 Å². The van der Waals surface area contributed by atoms with Gasteiger partial charge >= 0.3 is 0 Å². The number of hydrogen-bond donors (Lipinski definition) is 0. The van der Waals surface area contributed by atoms with E-state index in [1.54, 1.807) is 0 Å². The second-order valence-corrected chi connectivity index (χ2v) is 4.40. The molecule has 0 heterocycles. The molecule has 1 saturated carbocycles. The van der Waals surface area contributed by atoms with Gasteiger partial charge in [-0.15, -0.1) is 0 Å². The molecule has 0 aliphatic heterocycles. The minimum Gasteiger partial charge on any atom is -0.353 e. The fourth-order valence-corrected chi connectivity index (χ4v) is 2.36. The summed E-state index contributed by atoms with van der Waals surface area (Å²) in [5, 5.41) is 9.34. The number of ether oxygens (including phenoxy) is 2. The number of allylic oxidation sites excluding steroid dienone is 2. The topological polar surface area (TPSA) is 54.6 Å². The van der Waals surface area contributed by atoms with Gasteiger partial charge in [0.2, 0.25) is 0 Å². The van der Waals surface area contributed by atoms with Gasteiger partial charge in [0.1, 0.15) is 11.2 Å². The van der Waals surface area contributed by atoms with E-state index >= 15 is 0 Å². The van der Waals surface area contributed by atoms with E-state index in [1.165, 1.54) is 27.3 Å². The highest BCUT2D eigenvalue weighted by Gasteiger charge is 2.60. The Morgan fingerprint density at radius 3 is 2.33 bits per heavy atom. The van der Waals surface area contributed by atoms with Gasteiger partial charge in [0.25, 0.3) is 0 Å². The molecule has 0 saturated heterocycles. The van der Waals surface area contributed by atoms with E-state index in [2.05, 4.69) is 11.1 Å². The summed E-state index contributed by atoms with van der Waals surface area (Å²) in [6.07, 6.45) is 2.58. The van der Waals surface area contributed by atoms with Crippen molar-refractivity contribution in [1.82, 2.24) is 0 Å². The first-order valence-corrected chi connectivity index (χ1v) is 5.88. The van der Waals surface area contributed by atoms with Crippen LogP contribution in [0.1, 0.15) is 26.2 Å². The number of hydrogen-bond acceptors (Lipinski definition) is 4. The third kappa shape index (κ3) is 2.31. The number of nitriles is 1. The van der Waals surface area contributed by atoms with Crippen molar-refractivity contribution in [2.75, 3.05) is 21.3 Å². The summed E-state index contributed by atoms with van der Waals surface area (Å²) in [5.41, 5.74) is -0.757. The fourth-order valence-electron chi connectivity index (χ4n) is 2.36. The Morgan fingerprint density at radius 2 is 2.00 bits per heavy atom. The van der Waals surface area contributed by atoms with Crippen LogP contribution in [0.15, 0.2) is 16.9 Å². The molecule has 18 heavy (non-hydrogen) atoms. The van der Waals surface area contributed by atoms with E-state index in [-0.39, 0.29) is 5.71 Å². The van der Waals surface area contributed by atoms with Crippen molar-refractivity contribution in [3.63, 3.8) is 0 Å². The van der Waals surface area contributed by atoms with Gasteiger partial charge in [-0.1, -0.05) is 6.92 Å². The number of nitrogens with zero attached hydrogens (tertiary/aromatic N) is 2. The number of halogens is 1. The third-order valence-corrected chi connectivity index (χ3v) is 3.39. The molecular formula is C13H19FN2O2. The van der Waals surface area contributed by atoms with Gasteiger partial charge in [-0.3, -0.25) is 4.99 Å². The van der Waals surface area contributed by atoms with Crippen LogP contribution in [0.2, 0.25) is 0 Å². The Labute approximate surface area is 107 Å². The van der Waals surface area contributed by atoms with Crippen molar-refractivity contribution in [3.05, 3.63) is 11.9 Å². The minimum absolute atomic E-state index is 0.191. The average molecular weight is 254 g/mol. The molecular weight excluding hydrogens is 235 g/mol. The summed E-state index contributed by atoms with van der Waals surface area (Å²) in [5.74, 6) is -1.22. The van der Waals surface area contributed by atoms with Crippen LogP contribution in [0.25, 0.3) is 0 Å². The molecule has 5 heteroatoms. The molecule has 0 aromatic heterocycles. The van der Waals surface area contributed by atoms with Crippen molar-refractivity contribution < 1.29 is 13.9 Å². The highest BCUT2D eigenvalue weighted by molar-refractivity contribution is 6.05. The molecule has 0 spiro atoms. The zero-order valence-corrected chi connectivity index (χ0v) is 11.3. The quantitative estimate of drug-likeness (QED) is 0.559. The summed E-state index contributed by atoms with van der Waals surface area (Å²) in [6.45, 7) is 1.83. The average Bonchev–Trinajstić information content (AvgIpc) is 2.34. The summed E-state index contributed by atoms with van der Waals surface area (Å²) >= 11 is 0. The van der Waals surface area contributed by atoms with Crippen LogP contribution in [-0.4, -0.2) is 32.8 Å². The lowest BCUT2D eigenvalue weighted by atomic mass is 9.62. The van der Waals surface area contributed by atoms with Gasteiger partial charge in [0.05, 0.1) is 11.8 Å². The Kier molecular flexibility index (Phi) is 4.60. The largest absolute Gasteiger partial charge is 0.353 e. The summed E-state index contributed by atoms with van der Waals surface area (Å²) in [4.78, 5) is 3.95. The molecule has 0 aromatic rings. The lowest BCUT2D eigenvalue weighted by Crippen LogP contribution is -2.57. The highest BCUT2D eigenvalue weighted by Crippen LogP contribution is 2.52. The van der Waals surface area contributed by atoms with E-state index in [0.29, 0.717) is 19.3 Å². The number of aliphatic imine (C=N–C) groups is 1. The van der Waals surface area contributed by atoms with Crippen molar-refractivity contribution >= 4 is 5.71 Å². The standard InChI is InChI=1S/C13H19FN2O2/c1-5-6-10(14)11(16-2)12(9-15)7-13(8-12,17-3)18-4/h6H,5,7-8H2,1-4H3/b10-6+,16-11?. The Balaban J connectivity index is 3.00. The van der Waals surface area contributed by atoms with Crippen molar-refractivity contribution in [3.8, 4) is 6.07 Å². The zero-order chi connectivity index (χ0) is 13.8. The monoisotopic (exact) mass is 254 g/mol. The molecule has 0 amide bonds. The molecule has 1 fully saturated rings. The molecule has 1 aliphatic carbocycles. The van der Waals surface area contributed by atoms with Gasteiger partial charge in [0.15, 0.2) is 5.79 Å². The van der Waals surface area contributed by atoms with E-state index < -0.39 is 17.0 Å². The summed E-state index contributed by atoms with van der Waals surface area (Å²) in [6, 6.07) is 2.16. The Bertz CT molecular complexity index is 398. The molecule has 0 aromatic carbocycles. The van der Waals surface area contributed by atoms with Gasteiger partial charge in [-0.25, -0.2) is 4.39 Å². The van der Waals surface area contributed by atoms with Gasteiger partial charge in [-0.05, 0) is 12.5 Å². The molecule has 100 valence electrons. The van der Waals surface area contributed by atoms with E-state index in [4.69, 9.17) is 9.47 Å². The molecule has 1 aliphatic rings. The first-order valence-electron chi connectivity index (χ1n) is 5.88.